The number of carbonyl (C=O) groups excluding carboxylic acids is 1. The molecule has 0 unspecified atom stereocenters. The van der Waals surface area contributed by atoms with Crippen molar-refractivity contribution in [1.29, 1.82) is 0 Å². The first-order chi connectivity index (χ1) is 17.7. The molecule has 37 heavy (non-hydrogen) atoms. The molecular formula is C30H37N3O3S. The van der Waals surface area contributed by atoms with Crippen LogP contribution in [0.4, 0.5) is 5.69 Å². The molecule has 1 N–H and O–H groups in total. The average Bonchev–Trinajstić information content (AvgIpc) is 2.89. The molecule has 0 bridgehead atoms. The van der Waals surface area contributed by atoms with E-state index in [1.54, 1.807) is 12.1 Å². The van der Waals surface area contributed by atoms with Crippen molar-refractivity contribution in [2.24, 2.45) is 0 Å². The zero-order chi connectivity index (χ0) is 26.4. The van der Waals surface area contributed by atoms with Crippen molar-refractivity contribution in [3.05, 3.63) is 100 Å². The molecule has 6 nitrogen and oxygen atoms in total. The first-order valence-corrected chi connectivity index (χ1v) is 14.8. The molecule has 1 aliphatic heterocycles. The largest absolute Gasteiger partial charge is 0.348 e. The third-order valence-corrected chi connectivity index (χ3v) is 8.19. The van der Waals surface area contributed by atoms with E-state index in [9.17, 15) is 13.2 Å². The lowest BCUT2D eigenvalue weighted by molar-refractivity contribution is 0.0951. The van der Waals surface area contributed by atoms with Crippen molar-refractivity contribution in [2.45, 2.75) is 52.7 Å². The number of piperidine rings is 1. The molecule has 3 aromatic carbocycles. The van der Waals surface area contributed by atoms with Crippen LogP contribution in [-0.2, 0) is 29.7 Å². The van der Waals surface area contributed by atoms with Crippen LogP contribution in [0, 0.1) is 13.8 Å². The minimum absolute atomic E-state index is 0.155. The molecule has 0 aromatic heterocycles. The summed E-state index contributed by atoms with van der Waals surface area (Å²) in [6, 6.07) is 21.2. The number of sulfonamides is 1. The highest BCUT2D eigenvalue weighted by atomic mass is 32.2. The molecule has 1 heterocycles. The van der Waals surface area contributed by atoms with E-state index in [0.29, 0.717) is 17.8 Å². The molecule has 196 valence electrons. The molecule has 1 saturated heterocycles. The lowest BCUT2D eigenvalue weighted by atomic mass is 10.1. The Morgan fingerprint density at radius 2 is 1.46 bits per heavy atom. The summed E-state index contributed by atoms with van der Waals surface area (Å²) in [6.45, 7) is 7.96. The minimum atomic E-state index is -3.47. The number of anilines is 1. The van der Waals surface area contributed by atoms with Crippen LogP contribution < -0.4 is 9.62 Å². The lowest BCUT2D eigenvalue weighted by Crippen LogP contribution is -2.29. The van der Waals surface area contributed by atoms with E-state index in [1.807, 2.05) is 44.2 Å². The normalized spacial score (nSPS) is 14.4. The Bertz CT molecular complexity index is 1310. The van der Waals surface area contributed by atoms with Crippen molar-refractivity contribution < 1.29 is 13.2 Å². The number of aryl methyl sites for hydroxylation is 2. The summed E-state index contributed by atoms with van der Waals surface area (Å²) in [4.78, 5) is 15.2. The zero-order valence-corrected chi connectivity index (χ0v) is 22.9. The van der Waals surface area contributed by atoms with Crippen LogP contribution in [0.2, 0.25) is 0 Å². The predicted octanol–water partition coefficient (Wildman–Crippen LogP) is 5.19. The van der Waals surface area contributed by atoms with Gasteiger partial charge < -0.3 is 5.32 Å². The van der Waals surface area contributed by atoms with Gasteiger partial charge in [0, 0.05) is 18.7 Å². The van der Waals surface area contributed by atoms with Gasteiger partial charge in [-0.3, -0.25) is 14.0 Å². The van der Waals surface area contributed by atoms with Crippen molar-refractivity contribution in [3.63, 3.8) is 0 Å². The molecule has 0 atom stereocenters. The quantitative estimate of drug-likeness (QED) is 0.423. The SMILES string of the molecule is Cc1ccc(N(Cc2ccc(C(=O)NCc3ccc(CN4CCCCC4)cc3)cc2)S(C)(=O)=O)cc1C. The fourth-order valence-corrected chi connectivity index (χ4v) is 5.51. The molecular weight excluding hydrogens is 482 g/mol. The fourth-order valence-electron chi connectivity index (χ4n) is 4.63. The van der Waals surface area contributed by atoms with Gasteiger partial charge in [0.2, 0.25) is 10.0 Å². The monoisotopic (exact) mass is 519 g/mol. The number of nitrogens with one attached hydrogen (secondary N) is 1. The van der Waals surface area contributed by atoms with Crippen molar-refractivity contribution in [3.8, 4) is 0 Å². The highest BCUT2D eigenvalue weighted by Crippen LogP contribution is 2.23. The molecule has 1 amide bonds. The van der Waals surface area contributed by atoms with Gasteiger partial charge in [-0.1, -0.05) is 48.9 Å². The smallest absolute Gasteiger partial charge is 0.251 e. The average molecular weight is 520 g/mol. The van der Waals surface area contributed by atoms with Crippen molar-refractivity contribution in [2.75, 3.05) is 23.7 Å². The van der Waals surface area contributed by atoms with E-state index in [4.69, 9.17) is 0 Å². The topological polar surface area (TPSA) is 69.7 Å². The maximum absolute atomic E-state index is 12.7. The van der Waals surface area contributed by atoms with E-state index < -0.39 is 10.0 Å². The maximum atomic E-state index is 12.7. The number of hydrogen-bond donors (Lipinski definition) is 1. The summed E-state index contributed by atoms with van der Waals surface area (Å²) >= 11 is 0. The van der Waals surface area contributed by atoms with Crippen molar-refractivity contribution in [1.82, 2.24) is 10.2 Å². The van der Waals surface area contributed by atoms with Crippen LogP contribution >= 0.6 is 0 Å². The van der Waals surface area contributed by atoms with Gasteiger partial charge in [0.15, 0.2) is 0 Å². The number of nitrogens with zero attached hydrogens (tertiary/aromatic N) is 2. The molecule has 7 heteroatoms. The van der Waals surface area contributed by atoms with Gasteiger partial charge in [-0.05, 0) is 91.9 Å². The molecule has 1 fully saturated rings. The summed E-state index contributed by atoms with van der Waals surface area (Å²) in [5.74, 6) is -0.155. The second kappa shape index (κ2) is 11.9. The van der Waals surface area contributed by atoms with Crippen LogP contribution in [0.25, 0.3) is 0 Å². The van der Waals surface area contributed by atoms with Crippen LogP contribution in [0.1, 0.15) is 57.4 Å². The van der Waals surface area contributed by atoms with Crippen molar-refractivity contribution >= 4 is 21.6 Å². The Labute approximate surface area is 221 Å². The van der Waals surface area contributed by atoms with Crippen LogP contribution in [0.3, 0.4) is 0 Å². The number of benzene rings is 3. The molecule has 0 radical (unpaired) electrons. The number of likely N-dealkylation sites (tertiary alicyclic amines) is 1. The maximum Gasteiger partial charge on any atom is 0.251 e. The van der Waals surface area contributed by atoms with Gasteiger partial charge in [-0.15, -0.1) is 0 Å². The molecule has 0 spiro atoms. The summed E-state index contributed by atoms with van der Waals surface area (Å²) in [5, 5.41) is 2.98. The fraction of sp³-hybridized carbons (Fsp3) is 0.367. The zero-order valence-electron chi connectivity index (χ0n) is 22.0. The van der Waals surface area contributed by atoms with E-state index in [2.05, 4.69) is 34.5 Å². The van der Waals surface area contributed by atoms with Gasteiger partial charge in [0.25, 0.3) is 5.91 Å². The summed E-state index contributed by atoms with van der Waals surface area (Å²) in [6.07, 6.45) is 5.12. The number of rotatable bonds is 9. The van der Waals surface area contributed by atoms with Crippen LogP contribution in [0.5, 0.6) is 0 Å². The minimum Gasteiger partial charge on any atom is -0.348 e. The number of amides is 1. The summed E-state index contributed by atoms with van der Waals surface area (Å²) in [7, 11) is -3.47. The van der Waals surface area contributed by atoms with Gasteiger partial charge >= 0.3 is 0 Å². The molecule has 3 aromatic rings. The first kappa shape index (κ1) is 26.9. The standard InChI is InChI=1S/C30H37N3O3S/c1-23-7-16-29(19-24(23)2)33(37(3,35)36)22-27-12-14-28(15-13-27)30(34)31-20-25-8-10-26(11-9-25)21-32-17-5-4-6-18-32/h7-16,19H,4-6,17-18,20-22H2,1-3H3,(H,31,34). The number of carbonyl (C=O) groups is 1. The van der Waals surface area contributed by atoms with Gasteiger partial charge in [-0.2, -0.15) is 0 Å². The van der Waals surface area contributed by atoms with Crippen LogP contribution in [0.15, 0.2) is 66.7 Å². The van der Waals surface area contributed by atoms with Gasteiger partial charge in [0.05, 0.1) is 18.5 Å². The first-order valence-electron chi connectivity index (χ1n) is 12.9. The molecule has 1 aliphatic rings. The van der Waals surface area contributed by atoms with E-state index in [1.165, 1.54) is 48.5 Å². The highest BCUT2D eigenvalue weighted by Gasteiger charge is 2.19. The van der Waals surface area contributed by atoms with Gasteiger partial charge in [0.1, 0.15) is 0 Å². The Kier molecular flexibility index (Phi) is 8.67. The van der Waals surface area contributed by atoms with Crippen LogP contribution in [-0.4, -0.2) is 38.6 Å². The summed E-state index contributed by atoms with van der Waals surface area (Å²) in [5.41, 5.74) is 6.50. The van der Waals surface area contributed by atoms with Gasteiger partial charge in [-0.25, -0.2) is 8.42 Å². The molecule has 0 aliphatic carbocycles. The highest BCUT2D eigenvalue weighted by molar-refractivity contribution is 7.92. The second-order valence-corrected chi connectivity index (χ2v) is 12.0. The molecule has 0 saturated carbocycles. The Balaban J connectivity index is 1.34. The second-order valence-electron chi connectivity index (χ2n) is 10.1. The molecule has 4 rings (SSSR count). The third kappa shape index (κ3) is 7.43. The third-order valence-electron chi connectivity index (χ3n) is 7.05. The van der Waals surface area contributed by atoms with E-state index >= 15 is 0 Å². The number of hydrogen-bond acceptors (Lipinski definition) is 4. The summed E-state index contributed by atoms with van der Waals surface area (Å²) < 4.78 is 26.4. The van der Waals surface area contributed by atoms with E-state index in [0.717, 1.165) is 28.8 Å². The van der Waals surface area contributed by atoms with E-state index in [-0.39, 0.29) is 12.5 Å². The Morgan fingerprint density at radius 1 is 0.838 bits per heavy atom. The predicted molar refractivity (Wildman–Crippen MR) is 150 cm³/mol. The lowest BCUT2D eigenvalue weighted by Gasteiger charge is -2.26. The Hall–Kier alpha value is -3.16. The Morgan fingerprint density at radius 3 is 2.08 bits per heavy atom.